The summed E-state index contributed by atoms with van der Waals surface area (Å²) in [7, 11) is 2.17. The Morgan fingerprint density at radius 2 is 2.25 bits per heavy atom. The lowest BCUT2D eigenvalue weighted by atomic mass is 10.2. The van der Waals surface area contributed by atoms with Crippen molar-refractivity contribution in [1.82, 2.24) is 4.90 Å². The molecule has 90 valence electrons. The van der Waals surface area contributed by atoms with Crippen molar-refractivity contribution in [3.63, 3.8) is 0 Å². The number of nitrogens with two attached hydrogens (primary N) is 1. The van der Waals surface area contributed by atoms with E-state index in [1.807, 2.05) is 6.92 Å². The molecular formula is C13H22N2O. The summed E-state index contributed by atoms with van der Waals surface area (Å²) in [5.74, 6) is 2.90. The molecule has 1 saturated carbocycles. The summed E-state index contributed by atoms with van der Waals surface area (Å²) in [5, 5.41) is 0. The zero-order valence-corrected chi connectivity index (χ0v) is 10.5. The lowest BCUT2D eigenvalue weighted by molar-refractivity contribution is 0.209. The molecule has 0 amide bonds. The van der Waals surface area contributed by atoms with Gasteiger partial charge in [0.05, 0.1) is 6.54 Å². The van der Waals surface area contributed by atoms with E-state index in [2.05, 4.69) is 24.9 Å². The summed E-state index contributed by atoms with van der Waals surface area (Å²) in [6, 6.07) is 2.75. The minimum atomic E-state index is 0.567. The van der Waals surface area contributed by atoms with Crippen molar-refractivity contribution in [2.45, 2.75) is 45.8 Å². The molecule has 0 aromatic carbocycles. The van der Waals surface area contributed by atoms with Crippen LogP contribution < -0.4 is 5.73 Å². The molecule has 0 spiro atoms. The lowest BCUT2D eigenvalue weighted by Gasteiger charge is -2.23. The first-order chi connectivity index (χ1) is 7.61. The fraction of sp³-hybridized carbons (Fsp3) is 0.692. The zero-order valence-electron chi connectivity index (χ0n) is 10.5. The van der Waals surface area contributed by atoms with Crippen molar-refractivity contribution >= 4 is 0 Å². The maximum absolute atomic E-state index is 5.70. The van der Waals surface area contributed by atoms with Gasteiger partial charge in [-0.25, -0.2) is 0 Å². The van der Waals surface area contributed by atoms with Gasteiger partial charge in [0.15, 0.2) is 0 Å². The van der Waals surface area contributed by atoms with Crippen LogP contribution in [0.15, 0.2) is 10.5 Å². The van der Waals surface area contributed by atoms with E-state index in [0.29, 0.717) is 12.6 Å². The van der Waals surface area contributed by atoms with Crippen LogP contribution in [0.25, 0.3) is 0 Å². The Labute approximate surface area is 97.6 Å². The summed E-state index contributed by atoms with van der Waals surface area (Å²) in [4.78, 5) is 2.37. The van der Waals surface area contributed by atoms with E-state index in [4.69, 9.17) is 10.2 Å². The highest BCUT2D eigenvalue weighted by atomic mass is 16.3. The molecule has 3 nitrogen and oxygen atoms in total. The molecule has 2 N–H and O–H groups in total. The highest BCUT2D eigenvalue weighted by Gasteiger charge is 2.30. The van der Waals surface area contributed by atoms with Crippen LogP contribution in [-0.4, -0.2) is 18.0 Å². The van der Waals surface area contributed by atoms with Crippen molar-refractivity contribution in [3.8, 4) is 0 Å². The highest BCUT2D eigenvalue weighted by Crippen LogP contribution is 2.35. The molecule has 2 rings (SSSR count). The molecule has 1 aromatic rings. The zero-order chi connectivity index (χ0) is 11.7. The summed E-state index contributed by atoms with van der Waals surface area (Å²) in [6.07, 6.45) is 2.77. The lowest BCUT2D eigenvalue weighted by Crippen LogP contribution is -2.30. The van der Waals surface area contributed by atoms with Crippen LogP contribution in [0.4, 0.5) is 0 Å². The first kappa shape index (κ1) is 11.7. The van der Waals surface area contributed by atoms with Gasteiger partial charge >= 0.3 is 0 Å². The number of aryl methyl sites for hydroxylation is 1. The van der Waals surface area contributed by atoms with E-state index < -0.39 is 0 Å². The molecule has 1 aromatic heterocycles. The Hall–Kier alpha value is -0.800. The predicted octanol–water partition coefficient (Wildman–Crippen LogP) is 2.28. The maximum atomic E-state index is 5.70. The Kier molecular flexibility index (Phi) is 3.36. The summed E-state index contributed by atoms with van der Waals surface area (Å²) < 4.78 is 5.70. The Balaban J connectivity index is 1.96. The second-order valence-electron chi connectivity index (χ2n) is 4.99. The standard InChI is InChI=1S/C13H22N2O/c1-9(11-4-5-11)15(3)8-13-6-12(7-14)10(2)16-13/h6,9,11H,4-5,7-8,14H2,1-3H3. The Bertz CT molecular complexity index is 355. The molecule has 1 unspecified atom stereocenters. The summed E-state index contributed by atoms with van der Waals surface area (Å²) in [6.45, 7) is 5.74. The van der Waals surface area contributed by atoms with Crippen molar-refractivity contribution in [2.75, 3.05) is 7.05 Å². The van der Waals surface area contributed by atoms with E-state index in [1.54, 1.807) is 0 Å². The van der Waals surface area contributed by atoms with E-state index in [9.17, 15) is 0 Å². The molecule has 1 aliphatic carbocycles. The van der Waals surface area contributed by atoms with Gasteiger partial charge in [-0.05, 0) is 45.7 Å². The van der Waals surface area contributed by atoms with Crippen molar-refractivity contribution < 1.29 is 4.42 Å². The number of rotatable bonds is 5. The number of hydrogen-bond acceptors (Lipinski definition) is 3. The van der Waals surface area contributed by atoms with Crippen molar-refractivity contribution in [3.05, 3.63) is 23.2 Å². The van der Waals surface area contributed by atoms with Crippen molar-refractivity contribution in [2.24, 2.45) is 11.7 Å². The molecule has 1 atom stereocenters. The fourth-order valence-electron chi connectivity index (χ4n) is 2.20. The highest BCUT2D eigenvalue weighted by molar-refractivity contribution is 5.20. The second kappa shape index (κ2) is 4.60. The molecule has 1 aliphatic rings. The topological polar surface area (TPSA) is 42.4 Å². The average molecular weight is 222 g/mol. The van der Waals surface area contributed by atoms with Gasteiger partial charge in [0, 0.05) is 18.2 Å². The first-order valence-electron chi connectivity index (χ1n) is 6.10. The fourth-order valence-corrected chi connectivity index (χ4v) is 2.20. The first-order valence-corrected chi connectivity index (χ1v) is 6.10. The van der Waals surface area contributed by atoms with E-state index >= 15 is 0 Å². The minimum absolute atomic E-state index is 0.567. The summed E-state index contributed by atoms with van der Waals surface area (Å²) >= 11 is 0. The number of hydrogen-bond donors (Lipinski definition) is 1. The smallest absolute Gasteiger partial charge is 0.118 e. The largest absolute Gasteiger partial charge is 0.465 e. The van der Waals surface area contributed by atoms with E-state index in [0.717, 1.165) is 29.5 Å². The van der Waals surface area contributed by atoms with Gasteiger partial charge in [-0.2, -0.15) is 0 Å². The van der Waals surface area contributed by atoms with E-state index in [-0.39, 0.29) is 0 Å². The van der Waals surface area contributed by atoms with Gasteiger partial charge in [0.2, 0.25) is 0 Å². The summed E-state index contributed by atoms with van der Waals surface area (Å²) in [5.41, 5.74) is 6.77. The van der Waals surface area contributed by atoms with Gasteiger partial charge in [-0.15, -0.1) is 0 Å². The van der Waals surface area contributed by atoms with Crippen LogP contribution in [0.2, 0.25) is 0 Å². The molecule has 1 fully saturated rings. The average Bonchev–Trinajstić information content (AvgIpc) is 3.03. The Morgan fingerprint density at radius 1 is 1.56 bits per heavy atom. The molecule has 0 radical (unpaired) electrons. The second-order valence-corrected chi connectivity index (χ2v) is 4.99. The molecule has 0 bridgehead atoms. The van der Waals surface area contributed by atoms with Gasteiger partial charge in [-0.3, -0.25) is 4.90 Å². The third kappa shape index (κ3) is 2.47. The van der Waals surface area contributed by atoms with Crippen LogP contribution in [0.3, 0.4) is 0 Å². The quantitative estimate of drug-likeness (QED) is 0.831. The van der Waals surface area contributed by atoms with Gasteiger partial charge < -0.3 is 10.2 Å². The monoisotopic (exact) mass is 222 g/mol. The Morgan fingerprint density at radius 3 is 2.75 bits per heavy atom. The minimum Gasteiger partial charge on any atom is -0.465 e. The van der Waals surface area contributed by atoms with Crippen LogP contribution in [0.5, 0.6) is 0 Å². The number of nitrogens with zero attached hydrogens (tertiary/aromatic N) is 1. The van der Waals surface area contributed by atoms with Crippen LogP contribution in [0.1, 0.15) is 36.8 Å². The predicted molar refractivity (Wildman–Crippen MR) is 65.0 cm³/mol. The molecular weight excluding hydrogens is 200 g/mol. The molecule has 3 heteroatoms. The SMILES string of the molecule is Cc1oc(CN(C)C(C)C2CC2)cc1CN. The maximum Gasteiger partial charge on any atom is 0.118 e. The molecule has 0 aliphatic heterocycles. The molecule has 0 saturated heterocycles. The third-order valence-corrected chi connectivity index (χ3v) is 3.70. The van der Waals surface area contributed by atoms with Crippen LogP contribution >= 0.6 is 0 Å². The van der Waals surface area contributed by atoms with Crippen molar-refractivity contribution in [1.29, 1.82) is 0 Å². The van der Waals surface area contributed by atoms with Gasteiger partial charge in [0.1, 0.15) is 11.5 Å². The van der Waals surface area contributed by atoms with Crippen LogP contribution in [0, 0.1) is 12.8 Å². The normalized spacial score (nSPS) is 18.1. The third-order valence-electron chi connectivity index (χ3n) is 3.70. The van der Waals surface area contributed by atoms with E-state index in [1.165, 1.54) is 12.8 Å². The molecule has 16 heavy (non-hydrogen) atoms. The number of furan rings is 1. The molecule has 1 heterocycles. The van der Waals surface area contributed by atoms with Crippen LogP contribution in [-0.2, 0) is 13.1 Å². The van der Waals surface area contributed by atoms with Gasteiger partial charge in [-0.1, -0.05) is 0 Å². The van der Waals surface area contributed by atoms with Gasteiger partial charge in [0.25, 0.3) is 0 Å².